The van der Waals surface area contributed by atoms with Gasteiger partial charge < -0.3 is 24.3 Å². The molecule has 0 aliphatic carbocycles. The van der Waals surface area contributed by atoms with E-state index in [0.29, 0.717) is 30.6 Å². The van der Waals surface area contributed by atoms with Gasteiger partial charge in [0.15, 0.2) is 0 Å². The smallest absolute Gasteiger partial charge is 0.328 e. The monoisotopic (exact) mass is 408 g/mol. The third-order valence-electron chi connectivity index (χ3n) is 4.42. The Hall–Kier alpha value is -2.61. The van der Waals surface area contributed by atoms with Crippen LogP contribution in [0.1, 0.15) is 64.0 Å². The zero-order chi connectivity index (χ0) is 21.8. The molecule has 0 radical (unpaired) electrons. The summed E-state index contributed by atoms with van der Waals surface area (Å²) in [5.41, 5.74) is 2.15. The molecule has 1 aliphatic heterocycles. The molecule has 0 fully saturated rings. The largest absolute Gasteiger partial charge is 0.478 e. The number of ether oxygens (including phenoxy) is 1. The Bertz CT molecular complexity index is 707. The van der Waals surface area contributed by atoms with Crippen LogP contribution in [0.4, 0.5) is 0 Å². The van der Waals surface area contributed by atoms with Crippen LogP contribution in [0.25, 0.3) is 5.57 Å². The molecule has 1 aromatic rings. The van der Waals surface area contributed by atoms with Gasteiger partial charge in [-0.3, -0.25) is 0 Å². The highest BCUT2D eigenvalue weighted by Gasteiger charge is 2.22. The van der Waals surface area contributed by atoms with Crippen molar-refractivity contribution in [3.8, 4) is 5.95 Å². The lowest BCUT2D eigenvalue weighted by molar-refractivity contribution is -0.134. The predicted octanol–water partition coefficient (Wildman–Crippen LogP) is 3.80. The summed E-state index contributed by atoms with van der Waals surface area (Å²) in [6.07, 6.45) is 7.61. The number of carbonyl (C=O) groups is 2. The first-order valence-corrected chi connectivity index (χ1v) is 9.93. The quantitative estimate of drug-likeness (QED) is 0.469. The molecule has 1 aromatic heterocycles. The number of aromatic nitrogens is 1. The Balaban J connectivity index is 0.000000447. The van der Waals surface area contributed by atoms with E-state index in [2.05, 4.69) is 38.8 Å². The van der Waals surface area contributed by atoms with Crippen molar-refractivity contribution in [3.63, 3.8) is 0 Å². The van der Waals surface area contributed by atoms with Crippen LogP contribution in [-0.2, 0) is 9.59 Å². The Labute approximate surface area is 171 Å². The van der Waals surface area contributed by atoms with Gasteiger partial charge in [0.1, 0.15) is 5.69 Å². The zero-order valence-electron chi connectivity index (χ0n) is 17.7. The third-order valence-corrected chi connectivity index (χ3v) is 4.42. The Morgan fingerprint density at radius 1 is 1.31 bits per heavy atom. The van der Waals surface area contributed by atoms with Crippen LogP contribution in [-0.4, -0.2) is 58.8 Å². The molecule has 8 heteroatoms. The van der Waals surface area contributed by atoms with Crippen LogP contribution < -0.4 is 4.74 Å². The summed E-state index contributed by atoms with van der Waals surface area (Å²) < 4.78 is 11.8. The van der Waals surface area contributed by atoms with Crippen LogP contribution in [0.3, 0.4) is 0 Å². The normalized spacial score (nSPS) is 15.4. The summed E-state index contributed by atoms with van der Waals surface area (Å²) in [4.78, 5) is 26.1. The van der Waals surface area contributed by atoms with Crippen LogP contribution in [0.15, 0.2) is 22.6 Å². The third kappa shape index (κ3) is 8.95. The number of hydrogen-bond donors (Lipinski definition) is 2. The molecule has 2 heterocycles. The topological polar surface area (TPSA) is 113 Å². The SMILES string of the molecule is CCCCOc1oc(C2=CCCN(C)C2)nc1[C@@H](C)CC.O=C(O)/C=C\C(=O)O. The van der Waals surface area contributed by atoms with E-state index in [-0.39, 0.29) is 0 Å². The van der Waals surface area contributed by atoms with Crippen LogP contribution in [0, 0.1) is 0 Å². The maximum absolute atomic E-state index is 9.55. The maximum Gasteiger partial charge on any atom is 0.328 e. The zero-order valence-corrected chi connectivity index (χ0v) is 17.7. The number of carboxylic acids is 2. The number of likely N-dealkylation sites (N-methyl/N-ethyl adjacent to an activating group) is 1. The van der Waals surface area contributed by atoms with E-state index in [9.17, 15) is 9.59 Å². The molecule has 0 bridgehead atoms. The highest BCUT2D eigenvalue weighted by Crippen LogP contribution is 2.32. The highest BCUT2D eigenvalue weighted by molar-refractivity contribution is 5.89. The summed E-state index contributed by atoms with van der Waals surface area (Å²) >= 11 is 0. The average Bonchev–Trinajstić information content (AvgIpc) is 3.11. The van der Waals surface area contributed by atoms with Gasteiger partial charge in [0, 0.05) is 36.7 Å². The van der Waals surface area contributed by atoms with Crippen molar-refractivity contribution in [1.29, 1.82) is 0 Å². The van der Waals surface area contributed by atoms with Crippen LogP contribution in [0.2, 0.25) is 0 Å². The van der Waals surface area contributed by atoms with Crippen molar-refractivity contribution < 1.29 is 29.0 Å². The van der Waals surface area contributed by atoms with Gasteiger partial charge in [-0.1, -0.05) is 33.3 Å². The lowest BCUT2D eigenvalue weighted by atomic mass is 10.1. The van der Waals surface area contributed by atoms with Gasteiger partial charge in [0.25, 0.3) is 0 Å². The molecule has 0 unspecified atom stereocenters. The minimum absolute atomic E-state index is 0.362. The Morgan fingerprint density at radius 2 is 1.97 bits per heavy atom. The van der Waals surface area contributed by atoms with Crippen molar-refractivity contribution in [2.45, 2.75) is 52.4 Å². The molecule has 162 valence electrons. The second-order valence-corrected chi connectivity index (χ2v) is 6.97. The van der Waals surface area contributed by atoms with E-state index < -0.39 is 11.9 Å². The number of nitrogens with zero attached hydrogens (tertiary/aromatic N) is 2. The molecule has 0 saturated heterocycles. The van der Waals surface area contributed by atoms with Gasteiger partial charge in [-0.2, -0.15) is 0 Å². The number of oxazole rings is 1. The average molecular weight is 408 g/mol. The highest BCUT2D eigenvalue weighted by atomic mass is 16.6. The fraction of sp³-hybridized carbons (Fsp3) is 0.571. The minimum Gasteiger partial charge on any atom is -0.478 e. The Kier molecular flexibility index (Phi) is 10.8. The first-order chi connectivity index (χ1) is 13.8. The number of aliphatic carboxylic acids is 2. The number of hydrogen-bond acceptors (Lipinski definition) is 6. The molecule has 2 N–H and O–H groups in total. The summed E-state index contributed by atoms with van der Waals surface area (Å²) in [6.45, 7) is 9.20. The molecule has 0 saturated carbocycles. The van der Waals surface area contributed by atoms with Crippen LogP contribution >= 0.6 is 0 Å². The van der Waals surface area contributed by atoms with Crippen molar-refractivity contribution in [1.82, 2.24) is 9.88 Å². The van der Waals surface area contributed by atoms with E-state index in [1.54, 1.807) is 0 Å². The second-order valence-electron chi connectivity index (χ2n) is 6.97. The van der Waals surface area contributed by atoms with E-state index >= 15 is 0 Å². The predicted molar refractivity (Wildman–Crippen MR) is 110 cm³/mol. The van der Waals surface area contributed by atoms with Crippen molar-refractivity contribution >= 4 is 17.5 Å². The second kappa shape index (κ2) is 12.8. The van der Waals surface area contributed by atoms with Crippen molar-refractivity contribution in [3.05, 3.63) is 29.8 Å². The van der Waals surface area contributed by atoms with E-state index in [4.69, 9.17) is 24.4 Å². The van der Waals surface area contributed by atoms with E-state index in [1.165, 1.54) is 5.57 Å². The molecule has 0 aromatic carbocycles. The standard InChI is InChI=1S/C17H28N2O2.C4H4O4/c1-5-7-11-20-17-15(13(3)6-2)18-16(21-17)14-9-8-10-19(4)12-14;5-3(6)1-2-4(7)8/h9,13H,5-8,10-12H2,1-4H3;1-2H,(H,5,6)(H,7,8)/b;2-1-/t13-;/m0./s1. The number of unbranched alkanes of at least 4 members (excludes halogenated alkanes) is 1. The summed E-state index contributed by atoms with van der Waals surface area (Å²) in [6, 6.07) is 0. The lowest BCUT2D eigenvalue weighted by Gasteiger charge is -2.20. The van der Waals surface area contributed by atoms with E-state index in [1.807, 2.05) is 0 Å². The summed E-state index contributed by atoms with van der Waals surface area (Å²) in [5.74, 6) is -0.786. The van der Waals surface area contributed by atoms with Crippen molar-refractivity contribution in [2.24, 2.45) is 0 Å². The fourth-order valence-electron chi connectivity index (χ4n) is 2.56. The van der Waals surface area contributed by atoms with Crippen LogP contribution in [0.5, 0.6) is 5.95 Å². The molecular weight excluding hydrogens is 376 g/mol. The van der Waals surface area contributed by atoms with Crippen molar-refractivity contribution in [2.75, 3.05) is 26.7 Å². The van der Waals surface area contributed by atoms with E-state index in [0.717, 1.165) is 50.4 Å². The Morgan fingerprint density at radius 3 is 2.48 bits per heavy atom. The minimum atomic E-state index is -1.26. The lowest BCUT2D eigenvalue weighted by Crippen LogP contribution is -2.25. The van der Waals surface area contributed by atoms with Gasteiger partial charge in [-0.25, -0.2) is 14.6 Å². The summed E-state index contributed by atoms with van der Waals surface area (Å²) in [7, 11) is 2.13. The molecule has 0 spiro atoms. The summed E-state index contributed by atoms with van der Waals surface area (Å²) in [5, 5.41) is 15.6. The molecular formula is C21H32N2O6. The molecule has 2 rings (SSSR count). The van der Waals surface area contributed by atoms with Gasteiger partial charge in [0.2, 0.25) is 5.89 Å². The number of rotatable bonds is 9. The molecule has 0 amide bonds. The molecule has 1 aliphatic rings. The van der Waals surface area contributed by atoms with Gasteiger partial charge >= 0.3 is 17.9 Å². The first kappa shape index (κ1) is 24.4. The number of carboxylic acid groups (broad SMARTS) is 2. The molecule has 8 nitrogen and oxygen atoms in total. The molecule has 1 atom stereocenters. The fourth-order valence-corrected chi connectivity index (χ4v) is 2.56. The molecule has 29 heavy (non-hydrogen) atoms. The van der Waals surface area contributed by atoms with Gasteiger partial charge in [-0.05, 0) is 26.3 Å². The first-order valence-electron chi connectivity index (χ1n) is 9.93. The van der Waals surface area contributed by atoms with Gasteiger partial charge in [0.05, 0.1) is 6.61 Å². The van der Waals surface area contributed by atoms with Gasteiger partial charge in [-0.15, -0.1) is 0 Å². The maximum atomic E-state index is 9.55.